The minimum Gasteiger partial charge on any atom is -0.466 e. The molecule has 0 heterocycles. The molecule has 2 saturated carbocycles. The van der Waals surface area contributed by atoms with Crippen LogP contribution in [0, 0.1) is 23.2 Å². The molecular formula is C16H26O5. The topological polar surface area (TPSA) is 87.0 Å². The van der Waals surface area contributed by atoms with Crippen molar-refractivity contribution >= 4 is 5.97 Å². The monoisotopic (exact) mass is 298 g/mol. The maximum atomic E-state index is 11.7. The summed E-state index contributed by atoms with van der Waals surface area (Å²) in [5, 5.41) is 30.8. The van der Waals surface area contributed by atoms with E-state index in [0.717, 1.165) is 0 Å². The zero-order valence-electron chi connectivity index (χ0n) is 12.8. The third-order valence-electron chi connectivity index (χ3n) is 5.75. The maximum Gasteiger partial charge on any atom is 0.333 e. The predicted octanol–water partition coefficient (Wildman–Crippen LogP) is 0.872. The van der Waals surface area contributed by atoms with E-state index in [1.165, 1.54) is 7.11 Å². The first-order chi connectivity index (χ1) is 9.86. The Morgan fingerprint density at radius 2 is 2.00 bits per heavy atom. The molecule has 2 aliphatic rings. The van der Waals surface area contributed by atoms with Crippen LogP contribution in [0.25, 0.3) is 0 Å². The largest absolute Gasteiger partial charge is 0.466 e. The van der Waals surface area contributed by atoms with Crippen molar-refractivity contribution < 1.29 is 24.9 Å². The summed E-state index contributed by atoms with van der Waals surface area (Å²) in [6.45, 7) is 5.73. The van der Waals surface area contributed by atoms with Gasteiger partial charge in [0.1, 0.15) is 0 Å². The number of esters is 1. The molecule has 0 aliphatic heterocycles. The van der Waals surface area contributed by atoms with Crippen molar-refractivity contribution in [3.05, 3.63) is 12.2 Å². The average Bonchev–Trinajstić information content (AvgIpc) is 2.48. The number of fused-ring (bicyclic) bond motifs is 1. The lowest BCUT2D eigenvalue weighted by Crippen LogP contribution is -2.57. The highest BCUT2D eigenvalue weighted by Gasteiger charge is 2.55. The summed E-state index contributed by atoms with van der Waals surface area (Å²) in [6.07, 6.45) is 1.36. The van der Waals surface area contributed by atoms with Gasteiger partial charge in [-0.25, -0.2) is 4.79 Å². The molecule has 6 atom stereocenters. The normalized spacial score (nSPS) is 43.0. The lowest BCUT2D eigenvalue weighted by Gasteiger charge is -2.55. The van der Waals surface area contributed by atoms with E-state index < -0.39 is 23.6 Å². The van der Waals surface area contributed by atoms with Gasteiger partial charge in [-0.3, -0.25) is 0 Å². The quantitative estimate of drug-likeness (QED) is 0.532. The van der Waals surface area contributed by atoms with Gasteiger partial charge in [0.25, 0.3) is 0 Å². The Bertz CT molecular complexity index is 421. The van der Waals surface area contributed by atoms with Gasteiger partial charge in [-0.2, -0.15) is 0 Å². The number of carbonyl (C=O) groups excluding carboxylic acids is 1. The highest BCUT2D eigenvalue weighted by Crippen LogP contribution is 2.54. The van der Waals surface area contributed by atoms with E-state index in [9.17, 15) is 20.1 Å². The summed E-state index contributed by atoms with van der Waals surface area (Å²) >= 11 is 0. The van der Waals surface area contributed by atoms with Crippen LogP contribution in [0.15, 0.2) is 12.2 Å². The van der Waals surface area contributed by atoms with E-state index in [4.69, 9.17) is 4.74 Å². The van der Waals surface area contributed by atoms with Crippen molar-refractivity contribution in [1.29, 1.82) is 0 Å². The first-order valence-corrected chi connectivity index (χ1v) is 7.61. The van der Waals surface area contributed by atoms with Gasteiger partial charge in [0.2, 0.25) is 0 Å². The maximum absolute atomic E-state index is 11.7. The minimum absolute atomic E-state index is 0.0124. The van der Waals surface area contributed by atoms with Gasteiger partial charge in [-0.05, 0) is 42.9 Å². The molecule has 0 aromatic rings. The van der Waals surface area contributed by atoms with Crippen LogP contribution in [0.1, 0.15) is 32.6 Å². The molecule has 2 aliphatic carbocycles. The fourth-order valence-corrected chi connectivity index (χ4v) is 4.40. The van der Waals surface area contributed by atoms with Crippen molar-refractivity contribution in [1.82, 2.24) is 0 Å². The summed E-state index contributed by atoms with van der Waals surface area (Å²) in [7, 11) is 1.30. The van der Waals surface area contributed by atoms with Crippen molar-refractivity contribution in [3.8, 4) is 0 Å². The Kier molecular flexibility index (Phi) is 4.76. The zero-order chi connectivity index (χ0) is 15.8. The Balaban J connectivity index is 2.28. The highest BCUT2D eigenvalue weighted by atomic mass is 16.5. The fraction of sp³-hybridized carbons (Fsp3) is 0.812. The van der Waals surface area contributed by atoms with Gasteiger partial charge in [0, 0.05) is 18.1 Å². The van der Waals surface area contributed by atoms with Crippen LogP contribution in [-0.4, -0.2) is 47.2 Å². The second kappa shape index (κ2) is 6.07. The first kappa shape index (κ1) is 16.5. The molecule has 0 aromatic heterocycles. The number of aliphatic hydroxyl groups is 3. The lowest BCUT2D eigenvalue weighted by atomic mass is 9.52. The Hall–Kier alpha value is -0.910. The van der Waals surface area contributed by atoms with E-state index in [1.54, 1.807) is 0 Å². The fourth-order valence-electron chi connectivity index (χ4n) is 4.40. The van der Waals surface area contributed by atoms with E-state index >= 15 is 0 Å². The van der Waals surface area contributed by atoms with E-state index in [1.807, 2.05) is 6.92 Å². The first-order valence-electron chi connectivity index (χ1n) is 7.61. The predicted molar refractivity (Wildman–Crippen MR) is 77.3 cm³/mol. The summed E-state index contributed by atoms with van der Waals surface area (Å²) in [6, 6.07) is 0. The number of aliphatic hydroxyl groups excluding tert-OH is 3. The summed E-state index contributed by atoms with van der Waals surface area (Å²) in [5.41, 5.74) is -0.137. The Morgan fingerprint density at radius 3 is 2.57 bits per heavy atom. The summed E-state index contributed by atoms with van der Waals surface area (Å²) in [4.78, 5) is 11.7. The van der Waals surface area contributed by atoms with Crippen molar-refractivity contribution in [2.75, 3.05) is 13.7 Å². The smallest absolute Gasteiger partial charge is 0.333 e. The second-order valence-electron chi connectivity index (χ2n) is 6.72. The van der Waals surface area contributed by atoms with Crippen molar-refractivity contribution in [2.45, 2.75) is 44.8 Å². The molecule has 0 spiro atoms. The number of hydrogen-bond acceptors (Lipinski definition) is 5. The molecule has 5 nitrogen and oxygen atoms in total. The van der Waals surface area contributed by atoms with Crippen LogP contribution in [0.4, 0.5) is 0 Å². The molecule has 21 heavy (non-hydrogen) atoms. The lowest BCUT2D eigenvalue weighted by molar-refractivity contribution is -0.163. The SMILES string of the molecule is C=C(C(=O)OC)[C@@H]1CC[C@]2(C)[C@H]([C@@H](CO)CC[C@H]2O)[C@H]1O. The van der Waals surface area contributed by atoms with Crippen LogP contribution in [0.3, 0.4) is 0 Å². The molecule has 2 fully saturated rings. The molecule has 0 aromatic carbocycles. The van der Waals surface area contributed by atoms with Crippen LogP contribution in [0.2, 0.25) is 0 Å². The number of rotatable bonds is 3. The van der Waals surface area contributed by atoms with Crippen LogP contribution < -0.4 is 0 Å². The average molecular weight is 298 g/mol. The molecule has 0 saturated heterocycles. The van der Waals surface area contributed by atoms with E-state index in [-0.39, 0.29) is 29.9 Å². The van der Waals surface area contributed by atoms with Crippen LogP contribution in [-0.2, 0) is 9.53 Å². The van der Waals surface area contributed by atoms with E-state index in [0.29, 0.717) is 25.7 Å². The number of methoxy groups -OCH3 is 1. The molecule has 5 heteroatoms. The Labute approximate surface area is 125 Å². The van der Waals surface area contributed by atoms with Gasteiger partial charge in [-0.15, -0.1) is 0 Å². The number of carbonyl (C=O) groups is 1. The van der Waals surface area contributed by atoms with E-state index in [2.05, 4.69) is 6.58 Å². The summed E-state index contributed by atoms with van der Waals surface area (Å²) in [5.74, 6) is -1.15. The minimum atomic E-state index is -0.789. The molecule has 2 rings (SSSR count). The van der Waals surface area contributed by atoms with Gasteiger partial charge >= 0.3 is 5.97 Å². The van der Waals surface area contributed by atoms with Crippen molar-refractivity contribution in [2.24, 2.45) is 23.2 Å². The van der Waals surface area contributed by atoms with Crippen LogP contribution in [0.5, 0.6) is 0 Å². The van der Waals surface area contributed by atoms with Gasteiger partial charge in [0.05, 0.1) is 19.3 Å². The van der Waals surface area contributed by atoms with Gasteiger partial charge in [-0.1, -0.05) is 13.5 Å². The molecule has 3 N–H and O–H groups in total. The molecular weight excluding hydrogens is 272 g/mol. The molecule has 120 valence electrons. The van der Waals surface area contributed by atoms with Crippen LogP contribution >= 0.6 is 0 Å². The summed E-state index contributed by atoms with van der Waals surface area (Å²) < 4.78 is 4.70. The Morgan fingerprint density at radius 1 is 1.33 bits per heavy atom. The van der Waals surface area contributed by atoms with Crippen molar-refractivity contribution in [3.63, 3.8) is 0 Å². The standard InChI is InChI=1S/C16H26O5/c1-9(15(20)21-3)11-6-7-16(2)12(18)5-4-10(8-17)13(16)14(11)19/h10-14,17-19H,1,4-8H2,2-3H3/t10-,11+,12-,13-,14+,16+/m1/s1. The molecule has 0 radical (unpaired) electrons. The number of ether oxygens (including phenoxy) is 1. The van der Waals surface area contributed by atoms with Gasteiger partial charge < -0.3 is 20.1 Å². The second-order valence-corrected chi connectivity index (χ2v) is 6.72. The highest BCUT2D eigenvalue weighted by molar-refractivity contribution is 5.88. The molecule has 0 unspecified atom stereocenters. The zero-order valence-corrected chi connectivity index (χ0v) is 12.8. The molecule has 0 amide bonds. The molecule has 0 bridgehead atoms. The third kappa shape index (κ3) is 2.62. The van der Waals surface area contributed by atoms with Gasteiger partial charge in [0.15, 0.2) is 0 Å². The third-order valence-corrected chi connectivity index (χ3v) is 5.75. The number of hydrogen-bond donors (Lipinski definition) is 3.